The lowest BCUT2D eigenvalue weighted by molar-refractivity contribution is 0.102. The molecule has 0 saturated carbocycles. The lowest BCUT2D eigenvalue weighted by atomic mass is 10.1. The van der Waals surface area contributed by atoms with Crippen molar-refractivity contribution in [3.63, 3.8) is 0 Å². The maximum atomic E-state index is 11.5. The van der Waals surface area contributed by atoms with E-state index in [1.54, 1.807) is 18.2 Å². The van der Waals surface area contributed by atoms with Gasteiger partial charge in [-0.1, -0.05) is 13.0 Å². The Labute approximate surface area is 92.1 Å². The normalized spacial score (nSPS) is 10.8. The number of oxazole rings is 1. The second-order valence-corrected chi connectivity index (χ2v) is 3.44. The summed E-state index contributed by atoms with van der Waals surface area (Å²) in [6.07, 6.45) is 0.711. The molecule has 0 amide bonds. The highest BCUT2D eigenvalue weighted by Crippen LogP contribution is 2.20. The van der Waals surface area contributed by atoms with E-state index in [0.29, 0.717) is 29.0 Å². The Morgan fingerprint density at radius 3 is 3.00 bits per heavy atom. The van der Waals surface area contributed by atoms with Crippen LogP contribution in [0.15, 0.2) is 22.6 Å². The fourth-order valence-corrected chi connectivity index (χ4v) is 1.59. The highest BCUT2D eigenvalue weighted by molar-refractivity contribution is 6.31. The van der Waals surface area contributed by atoms with Crippen LogP contribution < -0.4 is 0 Å². The second kappa shape index (κ2) is 4.03. The molecule has 1 heterocycles. The van der Waals surface area contributed by atoms with E-state index in [1.165, 1.54) is 0 Å². The Balaban J connectivity index is 2.64. The Kier molecular flexibility index (Phi) is 2.73. The number of fused-ring (bicyclic) bond motifs is 1. The molecule has 2 aromatic rings. The summed E-state index contributed by atoms with van der Waals surface area (Å²) in [4.78, 5) is 15.8. The molecule has 1 aromatic heterocycles. The van der Waals surface area contributed by atoms with Crippen LogP contribution in [0.25, 0.3) is 11.1 Å². The number of ketones is 1. The molecule has 0 N–H and O–H groups in total. The van der Waals surface area contributed by atoms with Crippen molar-refractivity contribution in [2.45, 2.75) is 13.3 Å². The van der Waals surface area contributed by atoms with E-state index in [4.69, 9.17) is 16.0 Å². The molecule has 78 valence electrons. The van der Waals surface area contributed by atoms with Gasteiger partial charge in [-0.3, -0.25) is 4.79 Å². The average Bonchev–Trinajstić information content (AvgIpc) is 2.70. The molecule has 1 aromatic carbocycles. The van der Waals surface area contributed by atoms with Crippen molar-refractivity contribution in [1.82, 2.24) is 4.98 Å². The van der Waals surface area contributed by atoms with Crippen LogP contribution in [0.2, 0.25) is 0 Å². The van der Waals surface area contributed by atoms with E-state index in [1.807, 2.05) is 6.92 Å². The molecule has 4 heteroatoms. The maximum Gasteiger partial charge on any atom is 0.195 e. The molecule has 0 saturated heterocycles. The van der Waals surface area contributed by atoms with Gasteiger partial charge in [-0.25, -0.2) is 4.98 Å². The molecule has 0 bridgehead atoms. The summed E-state index contributed by atoms with van der Waals surface area (Å²) in [6.45, 7) is 1.95. The minimum absolute atomic E-state index is 0.0343. The van der Waals surface area contributed by atoms with Crippen LogP contribution in [0.5, 0.6) is 0 Å². The predicted molar refractivity (Wildman–Crippen MR) is 58.4 cm³/mol. The summed E-state index contributed by atoms with van der Waals surface area (Å²) in [6, 6.07) is 5.29. The van der Waals surface area contributed by atoms with Gasteiger partial charge in [-0.05, 0) is 12.1 Å². The lowest BCUT2D eigenvalue weighted by Gasteiger charge is -1.95. The van der Waals surface area contributed by atoms with Crippen molar-refractivity contribution < 1.29 is 9.21 Å². The Hall–Kier alpha value is -1.35. The van der Waals surface area contributed by atoms with E-state index >= 15 is 0 Å². The highest BCUT2D eigenvalue weighted by Gasteiger charge is 2.13. The third-order valence-corrected chi connectivity index (χ3v) is 2.43. The van der Waals surface area contributed by atoms with Crippen molar-refractivity contribution in [3.8, 4) is 0 Å². The summed E-state index contributed by atoms with van der Waals surface area (Å²) in [5, 5.41) is 0. The number of aryl methyl sites for hydroxylation is 1. The van der Waals surface area contributed by atoms with Gasteiger partial charge in [0, 0.05) is 12.0 Å². The van der Waals surface area contributed by atoms with E-state index in [2.05, 4.69) is 4.98 Å². The first kappa shape index (κ1) is 10.2. The van der Waals surface area contributed by atoms with Crippen LogP contribution in [0, 0.1) is 0 Å². The molecule has 0 spiro atoms. The van der Waals surface area contributed by atoms with Gasteiger partial charge in [0.25, 0.3) is 0 Å². The summed E-state index contributed by atoms with van der Waals surface area (Å²) in [5.41, 5.74) is 1.79. The van der Waals surface area contributed by atoms with Crippen LogP contribution in [0.1, 0.15) is 23.2 Å². The smallest absolute Gasteiger partial charge is 0.195 e. The van der Waals surface area contributed by atoms with Crippen LogP contribution >= 0.6 is 11.6 Å². The van der Waals surface area contributed by atoms with Crippen LogP contribution in [0.3, 0.4) is 0 Å². The van der Waals surface area contributed by atoms with E-state index in [-0.39, 0.29) is 11.7 Å². The number of hydrogen-bond acceptors (Lipinski definition) is 3. The Morgan fingerprint density at radius 2 is 2.33 bits per heavy atom. The number of halogens is 1. The third kappa shape index (κ3) is 1.75. The summed E-state index contributed by atoms with van der Waals surface area (Å²) in [5.74, 6) is 0.478. The topological polar surface area (TPSA) is 43.1 Å². The number of Topliss-reactive ketones (excluding diaryl/α,β-unsaturated/α-hetero) is 1. The number of hydrogen-bond donors (Lipinski definition) is 0. The first-order valence-corrected chi connectivity index (χ1v) is 5.27. The SMILES string of the molecule is CCc1nc2c(C(=O)CCl)cccc2o1. The number of para-hydroxylation sites is 1. The van der Waals surface area contributed by atoms with Crippen molar-refractivity contribution >= 4 is 28.5 Å². The summed E-state index contributed by atoms with van der Waals surface area (Å²) in [7, 11) is 0. The van der Waals surface area contributed by atoms with Gasteiger partial charge in [0.15, 0.2) is 17.3 Å². The Morgan fingerprint density at radius 1 is 1.53 bits per heavy atom. The van der Waals surface area contributed by atoms with E-state index in [0.717, 1.165) is 0 Å². The molecule has 0 atom stereocenters. The van der Waals surface area contributed by atoms with Crippen LogP contribution in [0.4, 0.5) is 0 Å². The fourth-order valence-electron chi connectivity index (χ4n) is 1.44. The zero-order valence-electron chi connectivity index (χ0n) is 8.29. The molecule has 3 nitrogen and oxygen atoms in total. The number of aromatic nitrogens is 1. The molecule has 0 fully saturated rings. The van der Waals surface area contributed by atoms with E-state index in [9.17, 15) is 4.79 Å². The molecule has 0 aliphatic carbocycles. The molecule has 2 rings (SSSR count). The zero-order valence-corrected chi connectivity index (χ0v) is 9.04. The molecule has 0 radical (unpaired) electrons. The molecule has 0 unspecified atom stereocenters. The van der Waals surface area contributed by atoms with Gasteiger partial charge >= 0.3 is 0 Å². The van der Waals surface area contributed by atoms with Gasteiger partial charge in [-0.15, -0.1) is 11.6 Å². The second-order valence-electron chi connectivity index (χ2n) is 3.17. The van der Waals surface area contributed by atoms with Crippen molar-refractivity contribution in [2.75, 3.05) is 5.88 Å². The molecular weight excluding hydrogens is 214 g/mol. The summed E-state index contributed by atoms with van der Waals surface area (Å²) < 4.78 is 5.45. The maximum absolute atomic E-state index is 11.5. The minimum atomic E-state index is -0.127. The van der Waals surface area contributed by atoms with Crippen molar-refractivity contribution in [1.29, 1.82) is 0 Å². The zero-order chi connectivity index (χ0) is 10.8. The monoisotopic (exact) mass is 223 g/mol. The van der Waals surface area contributed by atoms with Gasteiger partial charge in [-0.2, -0.15) is 0 Å². The van der Waals surface area contributed by atoms with Crippen LogP contribution in [-0.2, 0) is 6.42 Å². The van der Waals surface area contributed by atoms with Crippen molar-refractivity contribution in [2.24, 2.45) is 0 Å². The molecule has 15 heavy (non-hydrogen) atoms. The third-order valence-electron chi connectivity index (χ3n) is 2.19. The van der Waals surface area contributed by atoms with E-state index < -0.39 is 0 Å². The standard InChI is InChI=1S/C11H10ClNO2/c1-2-10-13-11-7(8(14)6-12)4-3-5-9(11)15-10/h3-5H,2,6H2,1H3. The number of nitrogens with zero attached hydrogens (tertiary/aromatic N) is 1. The highest BCUT2D eigenvalue weighted by atomic mass is 35.5. The van der Waals surface area contributed by atoms with Gasteiger partial charge in [0.05, 0.1) is 5.88 Å². The average molecular weight is 224 g/mol. The number of carbonyl (C=O) groups excluding carboxylic acids is 1. The molecule has 0 aliphatic heterocycles. The molecular formula is C11H10ClNO2. The quantitative estimate of drug-likeness (QED) is 0.594. The number of benzene rings is 1. The number of carbonyl (C=O) groups is 1. The summed E-state index contributed by atoms with van der Waals surface area (Å²) >= 11 is 5.52. The number of rotatable bonds is 3. The minimum Gasteiger partial charge on any atom is -0.441 e. The van der Waals surface area contributed by atoms with Gasteiger partial charge < -0.3 is 4.42 Å². The first-order chi connectivity index (χ1) is 7.26. The van der Waals surface area contributed by atoms with Crippen molar-refractivity contribution in [3.05, 3.63) is 29.7 Å². The van der Waals surface area contributed by atoms with Crippen LogP contribution in [-0.4, -0.2) is 16.6 Å². The lowest BCUT2D eigenvalue weighted by Crippen LogP contribution is -2.00. The first-order valence-electron chi connectivity index (χ1n) is 4.74. The Bertz CT molecular complexity index is 504. The van der Waals surface area contributed by atoms with Gasteiger partial charge in [0.1, 0.15) is 5.52 Å². The largest absolute Gasteiger partial charge is 0.441 e. The fraction of sp³-hybridized carbons (Fsp3) is 0.273. The van der Waals surface area contributed by atoms with Gasteiger partial charge in [0.2, 0.25) is 0 Å². The predicted octanol–water partition coefficient (Wildman–Crippen LogP) is 2.81. The molecule has 0 aliphatic rings. The number of alkyl halides is 1.